The molecule has 10 nitrogen and oxygen atoms in total. The van der Waals surface area contributed by atoms with Crippen LogP contribution in [0.15, 0.2) is 94.7 Å². The van der Waals surface area contributed by atoms with Gasteiger partial charge in [0.1, 0.15) is 38.9 Å². The van der Waals surface area contributed by atoms with Crippen LogP contribution in [0.5, 0.6) is 34.5 Å². The van der Waals surface area contributed by atoms with Gasteiger partial charge in [-0.2, -0.15) is 8.42 Å². The Morgan fingerprint density at radius 1 is 0.446 bits per heavy atom. The first kappa shape index (κ1) is 58.3. The second-order valence-electron chi connectivity index (χ2n) is 17.0. The number of aryl methyl sites for hydroxylation is 2. The van der Waals surface area contributed by atoms with Crippen molar-refractivity contribution in [2.24, 2.45) is 0 Å². The molecule has 0 amide bonds. The first-order chi connectivity index (χ1) is 30.8. The van der Waals surface area contributed by atoms with Crippen LogP contribution in [0.1, 0.15) is 179 Å². The molecule has 4 aromatic carbocycles. The van der Waals surface area contributed by atoms with E-state index in [4.69, 9.17) is 9.47 Å². The molecule has 0 aliphatic heterocycles. The van der Waals surface area contributed by atoms with Gasteiger partial charge in [0.2, 0.25) is 0 Å². The molecular formula is C52H74CaO10S2. The molecule has 0 aliphatic carbocycles. The number of aromatic hydroxyl groups is 1. The van der Waals surface area contributed by atoms with Crippen molar-refractivity contribution in [2.75, 3.05) is 0 Å². The maximum absolute atomic E-state index is 11.7. The Balaban J connectivity index is 0.000000440. The third-order valence-electron chi connectivity index (χ3n) is 11.2. The van der Waals surface area contributed by atoms with Crippen molar-refractivity contribution in [1.29, 1.82) is 0 Å². The average Bonchev–Trinajstić information content (AvgIpc) is 3.25. The molecule has 0 aromatic heterocycles. The van der Waals surface area contributed by atoms with Gasteiger partial charge in [0.15, 0.2) is 0 Å². The number of unbranched alkanes of at least 4 members (excludes halogenated alkanes) is 22. The van der Waals surface area contributed by atoms with Crippen molar-refractivity contribution in [3.63, 3.8) is 0 Å². The van der Waals surface area contributed by atoms with E-state index in [9.17, 15) is 36.2 Å². The van der Waals surface area contributed by atoms with Gasteiger partial charge in [-0.05, 0) is 104 Å². The second-order valence-corrected chi connectivity index (χ2v) is 19.8. The predicted molar refractivity (Wildman–Crippen MR) is 260 cm³/mol. The van der Waals surface area contributed by atoms with Crippen LogP contribution in [0, 0.1) is 0 Å². The van der Waals surface area contributed by atoms with Gasteiger partial charge in [-0.3, -0.25) is 4.55 Å². The van der Waals surface area contributed by atoms with Crippen LogP contribution < -0.4 is 14.6 Å². The van der Waals surface area contributed by atoms with Gasteiger partial charge in [-0.1, -0.05) is 167 Å². The Labute approximate surface area is 421 Å². The summed E-state index contributed by atoms with van der Waals surface area (Å²) in [6.45, 7) is 4.49. The minimum absolute atomic E-state index is 0. The topological polar surface area (TPSA) is 173 Å². The molecule has 0 atom stereocenters. The number of phenols is 1. The number of phenolic OH excluding ortho intramolecular Hbond substituents is 1. The van der Waals surface area contributed by atoms with Gasteiger partial charge in [0, 0.05) is 6.07 Å². The molecular weight excluding hydrogens is 889 g/mol. The monoisotopic (exact) mass is 962 g/mol. The van der Waals surface area contributed by atoms with Crippen LogP contribution in [0.2, 0.25) is 0 Å². The summed E-state index contributed by atoms with van der Waals surface area (Å²) in [7, 11) is -8.91. The molecule has 0 spiro atoms. The molecule has 4 aromatic rings. The molecule has 65 heavy (non-hydrogen) atoms. The van der Waals surface area contributed by atoms with E-state index in [1.54, 1.807) is 24.3 Å². The Bertz CT molecular complexity index is 1940. The maximum Gasteiger partial charge on any atom is 2.00 e. The zero-order chi connectivity index (χ0) is 46.5. The largest absolute Gasteiger partial charge is 2.00 e. The molecule has 0 fully saturated rings. The van der Waals surface area contributed by atoms with Gasteiger partial charge in [-0.15, -0.1) is 5.75 Å². The maximum atomic E-state index is 11.7. The van der Waals surface area contributed by atoms with E-state index in [0.717, 1.165) is 43.2 Å². The normalized spacial score (nSPS) is 11.4. The molecule has 13 heteroatoms. The molecule has 0 bridgehead atoms. The summed E-state index contributed by atoms with van der Waals surface area (Å²) in [5.74, 6) is 1.51. The number of benzene rings is 4. The Hall–Kier alpha value is -2.84. The van der Waals surface area contributed by atoms with Crippen LogP contribution in [-0.4, -0.2) is 68.8 Å². The Morgan fingerprint density at radius 2 is 0.769 bits per heavy atom. The van der Waals surface area contributed by atoms with E-state index >= 15 is 0 Å². The SMILES string of the molecule is CCCCCCCCCCCCCCc1cc(Oc2ccc(O)cc2)cc(S(=O)(=O)O)c1.CCCCCCCCCCCCCCc1cc(Oc2ccc([O-])cc2)cc(S(=O)(=O)[O-])c1.[Ca+2]. The fraction of sp³-hybridized carbons (Fsp3) is 0.538. The molecule has 2 N–H and O–H groups in total. The predicted octanol–water partition coefficient (Wildman–Crippen LogP) is 14.0. The zero-order valence-corrected chi connectivity index (χ0v) is 43.0. The van der Waals surface area contributed by atoms with E-state index in [-0.39, 0.29) is 64.8 Å². The van der Waals surface area contributed by atoms with Gasteiger partial charge in [0.25, 0.3) is 10.1 Å². The van der Waals surface area contributed by atoms with Gasteiger partial charge in [0.05, 0.1) is 9.79 Å². The fourth-order valence-corrected chi connectivity index (χ4v) is 8.72. The summed E-state index contributed by atoms with van der Waals surface area (Å²) in [4.78, 5) is -0.452. The Kier molecular flexibility index (Phi) is 30.1. The average molecular weight is 963 g/mol. The zero-order valence-electron chi connectivity index (χ0n) is 39.2. The van der Waals surface area contributed by atoms with Crippen molar-refractivity contribution in [2.45, 2.75) is 191 Å². The van der Waals surface area contributed by atoms with Crippen LogP contribution in [-0.2, 0) is 33.1 Å². The summed E-state index contributed by atoms with van der Waals surface area (Å²) in [5.41, 5.74) is 1.59. The van der Waals surface area contributed by atoms with E-state index in [1.807, 2.05) is 0 Å². The fourth-order valence-electron chi connectivity index (χ4n) is 7.60. The van der Waals surface area contributed by atoms with Gasteiger partial charge in [-0.25, -0.2) is 8.42 Å². The quantitative estimate of drug-likeness (QED) is 0.0272. The minimum atomic E-state index is -4.58. The van der Waals surface area contributed by atoms with Crippen LogP contribution in [0.25, 0.3) is 0 Å². The molecule has 4 rings (SSSR count). The molecule has 0 heterocycles. The van der Waals surface area contributed by atoms with E-state index < -0.39 is 20.2 Å². The summed E-state index contributed by atoms with van der Waals surface area (Å²) >= 11 is 0. The summed E-state index contributed by atoms with van der Waals surface area (Å²) in [5, 5.41) is 20.6. The van der Waals surface area contributed by atoms with Crippen molar-refractivity contribution in [1.82, 2.24) is 0 Å². The van der Waals surface area contributed by atoms with Crippen molar-refractivity contribution >= 4 is 58.0 Å². The van der Waals surface area contributed by atoms with Crippen molar-refractivity contribution < 1.29 is 45.6 Å². The number of hydrogen-bond acceptors (Lipinski definition) is 9. The van der Waals surface area contributed by atoms with Crippen LogP contribution >= 0.6 is 0 Å². The first-order valence-electron chi connectivity index (χ1n) is 23.9. The summed E-state index contributed by atoms with van der Waals surface area (Å²) in [6.07, 6.45) is 31.7. The number of hydrogen-bond donors (Lipinski definition) is 2. The van der Waals surface area contributed by atoms with Crippen LogP contribution in [0.4, 0.5) is 0 Å². The van der Waals surface area contributed by atoms with Crippen molar-refractivity contribution in [3.05, 3.63) is 96.1 Å². The smallest absolute Gasteiger partial charge is 0.872 e. The van der Waals surface area contributed by atoms with Gasteiger partial charge < -0.3 is 24.2 Å². The molecule has 0 saturated carbocycles. The molecule has 0 unspecified atom stereocenters. The van der Waals surface area contributed by atoms with Crippen molar-refractivity contribution in [3.8, 4) is 34.5 Å². The van der Waals surface area contributed by atoms with Gasteiger partial charge >= 0.3 is 37.7 Å². The summed E-state index contributed by atoms with van der Waals surface area (Å²) < 4.78 is 78.9. The third kappa shape index (κ3) is 26.9. The Morgan fingerprint density at radius 3 is 1.12 bits per heavy atom. The molecule has 356 valence electrons. The molecule has 0 saturated heterocycles. The second kappa shape index (κ2) is 33.6. The van der Waals surface area contributed by atoms with E-state index in [0.29, 0.717) is 23.7 Å². The first-order valence-corrected chi connectivity index (χ1v) is 26.7. The molecule has 0 aliphatic rings. The standard InChI is InChI=1S/2C26H38O5S.Ca/c2*1-2-3-4-5-6-7-8-9-10-11-12-13-14-22-19-25(21-26(20-22)32(28,29)30)31-24-17-15-23(27)16-18-24;/h2*15-21,27H,2-14H2,1H3,(H,28,29,30);/q;;+2/p-2. The number of rotatable bonds is 32. The van der Waals surface area contributed by atoms with Crippen LogP contribution in [0.3, 0.4) is 0 Å². The van der Waals surface area contributed by atoms with E-state index in [2.05, 4.69) is 13.8 Å². The number of ether oxygens (including phenoxy) is 2. The minimum Gasteiger partial charge on any atom is -0.872 e. The van der Waals surface area contributed by atoms with E-state index in [1.165, 1.54) is 189 Å². The summed E-state index contributed by atoms with van der Waals surface area (Å²) in [6, 6.07) is 21.0. The molecule has 0 radical (unpaired) electrons. The third-order valence-corrected chi connectivity index (χ3v) is 12.9.